The standard InChI is InChI=1S/C59H38N2O/c1-2-14-47-40(12-1)13-11-20-48(47)41-26-24-39(25-27-41)45-34-37-57-54(38-45)53-19-7-9-22-56(53)61(57)46-35-32-43(33-36-46)50-16-4-6-18-52(50)51-17-5-3-15-49(51)42-28-30-44(31-29-42)59-60-55-21-8-10-23-58(55)62-59/h1-38H. The molecule has 10 aromatic carbocycles. The number of oxazole rings is 1. The van der Waals surface area contributed by atoms with Crippen molar-refractivity contribution in [1.29, 1.82) is 0 Å². The van der Waals surface area contributed by atoms with E-state index in [1.807, 2.05) is 24.3 Å². The summed E-state index contributed by atoms with van der Waals surface area (Å²) in [6.45, 7) is 0. The minimum Gasteiger partial charge on any atom is -0.436 e. The molecule has 0 spiro atoms. The van der Waals surface area contributed by atoms with Gasteiger partial charge in [0.05, 0.1) is 11.0 Å². The SMILES string of the molecule is c1ccc(-c2ccccc2-c2ccc(-n3c4ccccc4c4cc(-c5ccc(-c6cccc7ccccc67)cc5)ccc43)cc2)c(-c2ccc(-c3nc4ccccc4o3)cc2)c1. The number of hydrogen-bond donors (Lipinski definition) is 0. The summed E-state index contributed by atoms with van der Waals surface area (Å²) in [6, 6.07) is 82.6. The Kier molecular flexibility index (Phi) is 8.50. The predicted molar refractivity (Wildman–Crippen MR) is 258 cm³/mol. The molecule has 12 rings (SSSR count). The second-order valence-electron chi connectivity index (χ2n) is 15.9. The summed E-state index contributed by atoms with van der Waals surface area (Å²) in [4.78, 5) is 4.71. The Morgan fingerprint density at radius 2 is 0.823 bits per heavy atom. The molecule has 0 fully saturated rings. The molecule has 290 valence electrons. The van der Waals surface area contributed by atoms with E-state index in [9.17, 15) is 0 Å². The van der Waals surface area contributed by atoms with Crippen molar-refractivity contribution in [3.8, 4) is 72.8 Å². The van der Waals surface area contributed by atoms with E-state index in [1.54, 1.807) is 0 Å². The maximum atomic E-state index is 6.06. The molecular weight excluding hydrogens is 753 g/mol. The number of rotatable bonds is 7. The van der Waals surface area contributed by atoms with E-state index in [0.717, 1.165) is 27.9 Å². The Morgan fingerprint density at radius 3 is 1.55 bits per heavy atom. The van der Waals surface area contributed by atoms with Gasteiger partial charge >= 0.3 is 0 Å². The van der Waals surface area contributed by atoms with Crippen LogP contribution in [0.1, 0.15) is 0 Å². The van der Waals surface area contributed by atoms with Crippen LogP contribution in [0.3, 0.4) is 0 Å². The Labute approximate surface area is 359 Å². The Hall–Kier alpha value is -8.27. The fourth-order valence-corrected chi connectivity index (χ4v) is 9.27. The summed E-state index contributed by atoms with van der Waals surface area (Å²) < 4.78 is 8.46. The number of aromatic nitrogens is 2. The number of nitrogens with zero attached hydrogens (tertiary/aromatic N) is 2. The van der Waals surface area contributed by atoms with Crippen LogP contribution in [0.15, 0.2) is 235 Å². The summed E-state index contributed by atoms with van der Waals surface area (Å²) >= 11 is 0. The molecule has 0 N–H and O–H groups in total. The molecule has 3 heteroatoms. The van der Waals surface area contributed by atoms with Crippen LogP contribution < -0.4 is 0 Å². The quantitative estimate of drug-likeness (QED) is 0.161. The van der Waals surface area contributed by atoms with Crippen molar-refractivity contribution in [3.63, 3.8) is 0 Å². The van der Waals surface area contributed by atoms with Crippen LogP contribution in [0.5, 0.6) is 0 Å². The van der Waals surface area contributed by atoms with E-state index < -0.39 is 0 Å². The van der Waals surface area contributed by atoms with Gasteiger partial charge < -0.3 is 8.98 Å². The molecule has 2 heterocycles. The van der Waals surface area contributed by atoms with Gasteiger partial charge in [-0.1, -0.05) is 176 Å². The Bertz CT molecular complexity index is 3570. The third kappa shape index (κ3) is 6.10. The van der Waals surface area contributed by atoms with E-state index in [2.05, 4.69) is 211 Å². The first-order chi connectivity index (χ1) is 30.7. The van der Waals surface area contributed by atoms with Gasteiger partial charge in [-0.25, -0.2) is 4.98 Å². The van der Waals surface area contributed by atoms with Crippen LogP contribution in [-0.4, -0.2) is 9.55 Å². The zero-order chi connectivity index (χ0) is 41.0. The lowest BCUT2D eigenvalue weighted by Gasteiger charge is -2.15. The van der Waals surface area contributed by atoms with E-state index in [0.29, 0.717) is 5.89 Å². The Morgan fingerprint density at radius 1 is 0.323 bits per heavy atom. The van der Waals surface area contributed by atoms with E-state index in [4.69, 9.17) is 9.40 Å². The van der Waals surface area contributed by atoms with E-state index in [-0.39, 0.29) is 0 Å². The fourth-order valence-electron chi connectivity index (χ4n) is 9.27. The lowest BCUT2D eigenvalue weighted by Crippen LogP contribution is -1.94. The highest BCUT2D eigenvalue weighted by Gasteiger charge is 2.17. The molecule has 0 atom stereocenters. The summed E-state index contributed by atoms with van der Waals surface area (Å²) in [5.41, 5.74) is 18.0. The van der Waals surface area contributed by atoms with Gasteiger partial charge in [-0.2, -0.15) is 0 Å². The first-order valence-electron chi connectivity index (χ1n) is 21.1. The maximum Gasteiger partial charge on any atom is 0.227 e. The third-order valence-electron chi connectivity index (χ3n) is 12.3. The molecule has 0 aliphatic rings. The summed E-state index contributed by atoms with van der Waals surface area (Å²) in [5, 5.41) is 5.01. The van der Waals surface area contributed by atoms with Crippen LogP contribution in [0, 0.1) is 0 Å². The number of fused-ring (bicyclic) bond motifs is 5. The highest BCUT2D eigenvalue weighted by atomic mass is 16.3. The van der Waals surface area contributed by atoms with Gasteiger partial charge in [0, 0.05) is 22.0 Å². The molecule has 0 saturated heterocycles. The summed E-state index contributed by atoms with van der Waals surface area (Å²) in [7, 11) is 0. The molecular formula is C59H38N2O. The predicted octanol–water partition coefficient (Wildman–Crippen LogP) is 16.1. The molecule has 2 aromatic heterocycles. The third-order valence-corrected chi connectivity index (χ3v) is 12.3. The molecule has 62 heavy (non-hydrogen) atoms. The van der Waals surface area contributed by atoms with Gasteiger partial charge in [0.25, 0.3) is 0 Å². The van der Waals surface area contributed by atoms with Crippen molar-refractivity contribution in [2.45, 2.75) is 0 Å². The zero-order valence-corrected chi connectivity index (χ0v) is 33.7. The number of benzene rings is 10. The summed E-state index contributed by atoms with van der Waals surface area (Å²) in [6.07, 6.45) is 0. The van der Waals surface area contributed by atoms with Crippen LogP contribution in [-0.2, 0) is 0 Å². The maximum absolute atomic E-state index is 6.06. The minimum absolute atomic E-state index is 0.629. The average molecular weight is 791 g/mol. The molecule has 0 aliphatic heterocycles. The molecule has 0 unspecified atom stereocenters. The van der Waals surface area contributed by atoms with Crippen molar-refractivity contribution in [3.05, 3.63) is 231 Å². The van der Waals surface area contributed by atoms with Gasteiger partial charge in [-0.3, -0.25) is 0 Å². The van der Waals surface area contributed by atoms with Crippen LogP contribution in [0.25, 0.3) is 116 Å². The first kappa shape index (κ1) is 35.7. The summed E-state index contributed by atoms with van der Waals surface area (Å²) in [5.74, 6) is 0.629. The number of para-hydroxylation sites is 3. The highest BCUT2D eigenvalue weighted by molar-refractivity contribution is 6.10. The Balaban J connectivity index is 0.870. The van der Waals surface area contributed by atoms with Gasteiger partial charge in [0.15, 0.2) is 5.58 Å². The molecule has 0 aliphatic carbocycles. The lowest BCUT2D eigenvalue weighted by molar-refractivity contribution is 0.620. The second kappa shape index (κ2) is 14.8. The van der Waals surface area contributed by atoms with Crippen molar-refractivity contribution in [2.75, 3.05) is 0 Å². The second-order valence-corrected chi connectivity index (χ2v) is 15.9. The highest BCUT2D eigenvalue weighted by Crippen LogP contribution is 2.41. The van der Waals surface area contributed by atoms with Gasteiger partial charge in [0.2, 0.25) is 5.89 Å². The monoisotopic (exact) mass is 790 g/mol. The van der Waals surface area contributed by atoms with Crippen LogP contribution in [0.2, 0.25) is 0 Å². The van der Waals surface area contributed by atoms with Crippen molar-refractivity contribution < 1.29 is 4.42 Å². The van der Waals surface area contributed by atoms with Gasteiger partial charge in [-0.05, 0) is 121 Å². The molecule has 3 nitrogen and oxygen atoms in total. The molecule has 0 saturated carbocycles. The topological polar surface area (TPSA) is 31.0 Å². The zero-order valence-electron chi connectivity index (χ0n) is 33.7. The van der Waals surface area contributed by atoms with E-state index in [1.165, 1.54) is 82.6 Å². The molecule has 0 radical (unpaired) electrons. The van der Waals surface area contributed by atoms with Crippen molar-refractivity contribution in [1.82, 2.24) is 9.55 Å². The fraction of sp³-hybridized carbons (Fsp3) is 0. The van der Waals surface area contributed by atoms with Crippen LogP contribution in [0.4, 0.5) is 0 Å². The van der Waals surface area contributed by atoms with Crippen molar-refractivity contribution in [2.24, 2.45) is 0 Å². The molecule has 0 amide bonds. The van der Waals surface area contributed by atoms with E-state index >= 15 is 0 Å². The molecule has 0 bridgehead atoms. The molecule has 12 aromatic rings. The lowest BCUT2D eigenvalue weighted by atomic mass is 9.89. The first-order valence-corrected chi connectivity index (χ1v) is 21.1. The van der Waals surface area contributed by atoms with Crippen molar-refractivity contribution >= 4 is 43.7 Å². The minimum atomic E-state index is 0.629. The van der Waals surface area contributed by atoms with Gasteiger partial charge in [0.1, 0.15) is 5.52 Å². The largest absolute Gasteiger partial charge is 0.436 e. The van der Waals surface area contributed by atoms with Crippen LogP contribution >= 0.6 is 0 Å². The van der Waals surface area contributed by atoms with Gasteiger partial charge in [-0.15, -0.1) is 0 Å². The number of hydrogen-bond acceptors (Lipinski definition) is 2. The smallest absolute Gasteiger partial charge is 0.227 e. The normalized spacial score (nSPS) is 11.5. The average Bonchev–Trinajstić information content (AvgIpc) is 3.94.